The van der Waals surface area contributed by atoms with Crippen LogP contribution in [0.15, 0.2) is 61.1 Å². The molecule has 0 bridgehead atoms. The predicted molar refractivity (Wildman–Crippen MR) is 69.1 cm³/mol. The standard InChI is InChI=1S/C14H12N2O2/c1-4-11(13-6-2-8-17-15-13)10-12(5-1)14-7-3-9-18-16-14/h1-10,15-16H. The molecule has 2 N–H and O–H groups in total. The Morgan fingerprint density at radius 3 is 1.78 bits per heavy atom. The normalized spacial score (nSPS) is 16.7. The molecule has 2 aliphatic rings. The third-order valence-corrected chi connectivity index (χ3v) is 2.64. The Bertz CT molecular complexity index is 524. The van der Waals surface area contributed by atoms with Crippen LogP contribution in [0.5, 0.6) is 0 Å². The van der Waals surface area contributed by atoms with E-state index in [9.17, 15) is 0 Å². The third-order valence-electron chi connectivity index (χ3n) is 2.64. The van der Waals surface area contributed by atoms with E-state index in [0.717, 1.165) is 22.5 Å². The fraction of sp³-hybridized carbons (Fsp3) is 0. The highest BCUT2D eigenvalue weighted by atomic mass is 16.6. The van der Waals surface area contributed by atoms with Crippen LogP contribution in [0, 0.1) is 0 Å². The Morgan fingerprint density at radius 1 is 0.778 bits per heavy atom. The predicted octanol–water partition coefficient (Wildman–Crippen LogP) is 2.47. The number of rotatable bonds is 2. The van der Waals surface area contributed by atoms with Crippen LogP contribution in [-0.4, -0.2) is 0 Å². The van der Waals surface area contributed by atoms with Gasteiger partial charge in [-0.25, -0.2) is 11.0 Å². The minimum absolute atomic E-state index is 0.923. The molecule has 0 spiro atoms. The minimum Gasteiger partial charge on any atom is -0.390 e. The van der Waals surface area contributed by atoms with Gasteiger partial charge in [-0.1, -0.05) is 18.2 Å². The summed E-state index contributed by atoms with van der Waals surface area (Å²) in [5.74, 6) is 0. The van der Waals surface area contributed by atoms with E-state index in [1.54, 1.807) is 12.5 Å². The molecule has 0 saturated heterocycles. The van der Waals surface area contributed by atoms with E-state index in [1.807, 2.05) is 42.5 Å². The van der Waals surface area contributed by atoms with Crippen molar-refractivity contribution in [2.45, 2.75) is 0 Å². The van der Waals surface area contributed by atoms with Crippen LogP contribution in [0.4, 0.5) is 0 Å². The van der Waals surface area contributed by atoms with E-state index in [0.29, 0.717) is 0 Å². The fourth-order valence-corrected chi connectivity index (χ4v) is 1.78. The summed E-state index contributed by atoms with van der Waals surface area (Å²) in [7, 11) is 0. The molecule has 2 heterocycles. The molecule has 0 atom stereocenters. The average Bonchev–Trinajstić information content (AvgIpc) is 2.49. The molecular formula is C14H12N2O2. The molecule has 18 heavy (non-hydrogen) atoms. The van der Waals surface area contributed by atoms with E-state index in [4.69, 9.17) is 9.68 Å². The van der Waals surface area contributed by atoms with Crippen molar-refractivity contribution in [1.82, 2.24) is 11.0 Å². The number of nitrogens with one attached hydrogen (secondary N) is 2. The molecule has 0 aromatic heterocycles. The summed E-state index contributed by atoms with van der Waals surface area (Å²) in [5.41, 5.74) is 9.66. The van der Waals surface area contributed by atoms with Crippen molar-refractivity contribution in [3.8, 4) is 0 Å². The lowest BCUT2D eigenvalue weighted by atomic mass is 10.1. The highest BCUT2D eigenvalue weighted by Gasteiger charge is 2.07. The summed E-state index contributed by atoms with van der Waals surface area (Å²) < 4.78 is 0. The van der Waals surface area contributed by atoms with E-state index in [2.05, 4.69) is 17.0 Å². The van der Waals surface area contributed by atoms with E-state index < -0.39 is 0 Å². The lowest BCUT2D eigenvalue weighted by Gasteiger charge is -2.15. The number of benzene rings is 1. The smallest absolute Gasteiger partial charge is 0.119 e. The summed E-state index contributed by atoms with van der Waals surface area (Å²) in [4.78, 5) is 10.1. The molecule has 4 heteroatoms. The van der Waals surface area contributed by atoms with Crippen LogP contribution in [-0.2, 0) is 9.68 Å². The molecule has 1 aromatic carbocycles. The average molecular weight is 240 g/mol. The summed E-state index contributed by atoms with van der Waals surface area (Å²) in [6, 6.07) is 8.09. The molecular weight excluding hydrogens is 228 g/mol. The van der Waals surface area contributed by atoms with Gasteiger partial charge in [-0.2, -0.15) is 0 Å². The zero-order valence-corrected chi connectivity index (χ0v) is 9.59. The molecule has 0 unspecified atom stereocenters. The van der Waals surface area contributed by atoms with Crippen molar-refractivity contribution in [3.63, 3.8) is 0 Å². The molecule has 2 aliphatic heterocycles. The third kappa shape index (κ3) is 2.08. The fourth-order valence-electron chi connectivity index (χ4n) is 1.78. The molecule has 0 fully saturated rings. The molecule has 0 radical (unpaired) electrons. The quantitative estimate of drug-likeness (QED) is 0.833. The monoisotopic (exact) mass is 240 g/mol. The maximum atomic E-state index is 5.06. The van der Waals surface area contributed by atoms with Gasteiger partial charge in [0.2, 0.25) is 0 Å². The Hall–Kier alpha value is -2.62. The van der Waals surface area contributed by atoms with Crippen molar-refractivity contribution in [1.29, 1.82) is 0 Å². The number of hydroxylamine groups is 2. The van der Waals surface area contributed by atoms with Gasteiger partial charge in [0.05, 0.1) is 11.4 Å². The van der Waals surface area contributed by atoms with Crippen molar-refractivity contribution in [2.24, 2.45) is 0 Å². The van der Waals surface area contributed by atoms with Gasteiger partial charge >= 0.3 is 0 Å². The van der Waals surface area contributed by atoms with Crippen LogP contribution in [0.3, 0.4) is 0 Å². The van der Waals surface area contributed by atoms with Crippen molar-refractivity contribution >= 4 is 11.4 Å². The van der Waals surface area contributed by atoms with Gasteiger partial charge < -0.3 is 9.68 Å². The largest absolute Gasteiger partial charge is 0.390 e. The Morgan fingerprint density at radius 2 is 1.33 bits per heavy atom. The van der Waals surface area contributed by atoms with Gasteiger partial charge in [0.1, 0.15) is 12.5 Å². The maximum Gasteiger partial charge on any atom is 0.119 e. The number of hydrogen-bond acceptors (Lipinski definition) is 4. The van der Waals surface area contributed by atoms with Gasteiger partial charge in [-0.3, -0.25) is 0 Å². The highest BCUT2D eigenvalue weighted by molar-refractivity contribution is 5.72. The molecule has 4 nitrogen and oxygen atoms in total. The van der Waals surface area contributed by atoms with Gasteiger partial charge in [0, 0.05) is 11.1 Å². The Balaban J connectivity index is 1.94. The second-order valence-electron chi connectivity index (χ2n) is 3.84. The number of hydrogen-bond donors (Lipinski definition) is 2. The van der Waals surface area contributed by atoms with E-state index >= 15 is 0 Å². The summed E-state index contributed by atoms with van der Waals surface area (Å²) >= 11 is 0. The van der Waals surface area contributed by atoms with Crippen LogP contribution in [0.2, 0.25) is 0 Å². The lowest BCUT2D eigenvalue weighted by Crippen LogP contribution is -2.14. The van der Waals surface area contributed by atoms with Gasteiger partial charge in [-0.05, 0) is 30.4 Å². The number of allylic oxidation sites excluding steroid dienone is 4. The molecule has 3 rings (SSSR count). The van der Waals surface area contributed by atoms with E-state index in [-0.39, 0.29) is 0 Å². The first-order chi connectivity index (χ1) is 8.93. The van der Waals surface area contributed by atoms with Crippen LogP contribution in [0.25, 0.3) is 11.4 Å². The highest BCUT2D eigenvalue weighted by Crippen LogP contribution is 2.20. The summed E-state index contributed by atoms with van der Waals surface area (Å²) in [6.45, 7) is 0. The van der Waals surface area contributed by atoms with Crippen LogP contribution in [0.1, 0.15) is 11.1 Å². The van der Waals surface area contributed by atoms with Crippen molar-refractivity contribution in [2.75, 3.05) is 0 Å². The topological polar surface area (TPSA) is 42.5 Å². The van der Waals surface area contributed by atoms with Gasteiger partial charge in [0.15, 0.2) is 0 Å². The second-order valence-corrected chi connectivity index (χ2v) is 3.84. The van der Waals surface area contributed by atoms with Gasteiger partial charge in [-0.15, -0.1) is 0 Å². The van der Waals surface area contributed by atoms with Crippen molar-refractivity contribution < 1.29 is 9.68 Å². The van der Waals surface area contributed by atoms with Crippen molar-refractivity contribution in [3.05, 3.63) is 72.2 Å². The zero-order chi connectivity index (χ0) is 12.2. The molecule has 1 aromatic rings. The maximum absolute atomic E-state index is 5.06. The minimum atomic E-state index is 0.923. The van der Waals surface area contributed by atoms with E-state index in [1.165, 1.54) is 0 Å². The zero-order valence-electron chi connectivity index (χ0n) is 9.59. The Labute approximate surface area is 105 Å². The molecule has 0 saturated carbocycles. The van der Waals surface area contributed by atoms with Crippen LogP contribution < -0.4 is 11.0 Å². The van der Waals surface area contributed by atoms with Gasteiger partial charge in [0.25, 0.3) is 0 Å². The summed E-state index contributed by atoms with van der Waals surface area (Å²) in [5, 5.41) is 0. The van der Waals surface area contributed by atoms with Crippen LogP contribution >= 0.6 is 0 Å². The summed E-state index contributed by atoms with van der Waals surface area (Å²) in [6.07, 6.45) is 10.8. The molecule has 0 aliphatic carbocycles. The SMILES string of the molecule is C1=CONC(c2cccc(C3=CC=CON3)c2)=C1. The molecule has 0 amide bonds. The first kappa shape index (κ1) is 10.5. The second kappa shape index (κ2) is 4.71. The first-order valence-corrected chi connectivity index (χ1v) is 5.61. The molecule has 90 valence electrons. The first-order valence-electron chi connectivity index (χ1n) is 5.61. The lowest BCUT2D eigenvalue weighted by molar-refractivity contribution is 0.181. The Kier molecular flexibility index (Phi) is 2.75.